The number of hydrogen-bond donors (Lipinski definition) is 1. The molecule has 0 saturated carbocycles. The smallest absolute Gasteiger partial charge is 0.336 e. The molecule has 0 aliphatic heterocycles. The highest BCUT2D eigenvalue weighted by Crippen LogP contribution is 2.25. The number of benzene rings is 2. The number of thioether (sulfide) groups is 1. The average molecular weight is 338 g/mol. The van der Waals surface area contributed by atoms with E-state index in [1.165, 1.54) is 17.8 Å². The van der Waals surface area contributed by atoms with Gasteiger partial charge in [-0.15, -0.1) is 0 Å². The molecule has 0 amide bonds. The molecule has 0 unspecified atom stereocenters. The summed E-state index contributed by atoms with van der Waals surface area (Å²) in [6.07, 6.45) is 0. The quantitative estimate of drug-likeness (QED) is 0.439. The van der Waals surface area contributed by atoms with Crippen LogP contribution in [0.4, 0.5) is 5.69 Å². The Morgan fingerprint density at radius 1 is 1.12 bits per heavy atom. The highest BCUT2D eigenvalue weighted by Gasteiger charge is 2.09. The van der Waals surface area contributed by atoms with Gasteiger partial charge in [0, 0.05) is 17.2 Å². The number of nitrogens with two attached hydrogens (primary N) is 1. The van der Waals surface area contributed by atoms with Gasteiger partial charge in [-0.1, -0.05) is 30.0 Å². The van der Waals surface area contributed by atoms with Crippen LogP contribution in [-0.2, 0) is 5.75 Å². The van der Waals surface area contributed by atoms with E-state index in [-0.39, 0.29) is 5.63 Å². The van der Waals surface area contributed by atoms with Crippen molar-refractivity contribution in [3.63, 3.8) is 0 Å². The lowest BCUT2D eigenvalue weighted by atomic mass is 10.0. The van der Waals surface area contributed by atoms with Gasteiger partial charge in [0.15, 0.2) is 5.17 Å². The molecule has 3 aromatic rings. The summed E-state index contributed by atoms with van der Waals surface area (Å²) >= 11 is 1.41. The van der Waals surface area contributed by atoms with Crippen LogP contribution in [0.2, 0.25) is 0 Å². The van der Waals surface area contributed by atoms with Gasteiger partial charge in [-0.25, -0.2) is 9.79 Å². The van der Waals surface area contributed by atoms with E-state index in [1.807, 2.05) is 56.3 Å². The first kappa shape index (κ1) is 16.3. The van der Waals surface area contributed by atoms with Crippen LogP contribution in [-0.4, -0.2) is 5.17 Å². The monoisotopic (exact) mass is 338 g/mol. The van der Waals surface area contributed by atoms with Crippen molar-refractivity contribution in [3.8, 4) is 0 Å². The number of fused-ring (bicyclic) bond motifs is 1. The number of nitrogens with zero attached hydrogens (tertiary/aromatic N) is 1. The van der Waals surface area contributed by atoms with Gasteiger partial charge >= 0.3 is 5.63 Å². The Morgan fingerprint density at radius 2 is 1.83 bits per heavy atom. The summed E-state index contributed by atoms with van der Waals surface area (Å²) in [4.78, 5) is 16.2. The molecule has 2 aromatic carbocycles. The Morgan fingerprint density at radius 3 is 2.58 bits per heavy atom. The Bertz CT molecular complexity index is 962. The molecule has 3 rings (SSSR count). The summed E-state index contributed by atoms with van der Waals surface area (Å²) in [6.45, 7) is 4.04. The lowest BCUT2D eigenvalue weighted by Crippen LogP contribution is -2.07. The predicted molar refractivity (Wildman–Crippen MR) is 101 cm³/mol. The zero-order valence-corrected chi connectivity index (χ0v) is 14.4. The maximum absolute atomic E-state index is 11.8. The van der Waals surface area contributed by atoms with Crippen LogP contribution in [0.1, 0.15) is 16.7 Å². The largest absolute Gasteiger partial charge is 0.423 e. The Balaban J connectivity index is 1.89. The second-order valence-electron chi connectivity index (χ2n) is 5.60. The van der Waals surface area contributed by atoms with Gasteiger partial charge in [-0.05, 0) is 54.8 Å². The van der Waals surface area contributed by atoms with Crippen LogP contribution in [0.25, 0.3) is 11.0 Å². The van der Waals surface area contributed by atoms with Gasteiger partial charge in [0.05, 0.1) is 5.69 Å². The molecule has 5 heteroatoms. The van der Waals surface area contributed by atoms with E-state index in [0.29, 0.717) is 16.5 Å². The number of aryl methyl sites for hydroxylation is 2. The van der Waals surface area contributed by atoms with Crippen LogP contribution < -0.4 is 11.4 Å². The van der Waals surface area contributed by atoms with Gasteiger partial charge in [0.25, 0.3) is 0 Å². The molecule has 4 nitrogen and oxygen atoms in total. The fraction of sp³-hybridized carbons (Fsp3) is 0.158. The van der Waals surface area contributed by atoms with Gasteiger partial charge in [0.1, 0.15) is 5.58 Å². The molecule has 0 atom stereocenters. The Hall–Kier alpha value is -2.53. The first-order valence-corrected chi connectivity index (χ1v) is 8.57. The van der Waals surface area contributed by atoms with E-state index >= 15 is 0 Å². The molecule has 0 aliphatic carbocycles. The molecule has 0 spiro atoms. The Labute approximate surface area is 144 Å². The first-order chi connectivity index (χ1) is 11.5. The third-order valence-corrected chi connectivity index (χ3v) is 4.66. The van der Waals surface area contributed by atoms with E-state index in [1.54, 1.807) is 0 Å². The molecule has 0 saturated heterocycles. The maximum atomic E-state index is 11.8. The first-order valence-electron chi connectivity index (χ1n) is 7.59. The van der Waals surface area contributed by atoms with E-state index in [4.69, 9.17) is 10.2 Å². The third kappa shape index (κ3) is 3.68. The molecule has 122 valence electrons. The second-order valence-corrected chi connectivity index (χ2v) is 6.59. The van der Waals surface area contributed by atoms with Gasteiger partial charge in [-0.2, -0.15) is 0 Å². The van der Waals surface area contributed by atoms with Crippen molar-refractivity contribution in [2.75, 3.05) is 0 Å². The molecule has 1 aromatic heterocycles. The fourth-order valence-electron chi connectivity index (χ4n) is 2.42. The molecule has 1 heterocycles. The number of hydrogen-bond acceptors (Lipinski definition) is 4. The molecule has 0 radical (unpaired) electrons. The lowest BCUT2D eigenvalue weighted by Gasteiger charge is -2.08. The number of aliphatic imine (C=N–C) groups is 1. The normalized spacial score (nSPS) is 11.8. The molecule has 0 fully saturated rings. The van der Waals surface area contributed by atoms with Crippen molar-refractivity contribution in [1.82, 2.24) is 0 Å². The molecule has 0 bridgehead atoms. The molecule has 2 N–H and O–H groups in total. The predicted octanol–water partition coefficient (Wildman–Crippen LogP) is 4.29. The molecular formula is C19H18N2O2S. The van der Waals surface area contributed by atoms with Gasteiger partial charge in [-0.3, -0.25) is 0 Å². The minimum absolute atomic E-state index is 0.347. The van der Waals surface area contributed by atoms with E-state index in [9.17, 15) is 4.79 Å². The van der Waals surface area contributed by atoms with Gasteiger partial charge in [0.2, 0.25) is 0 Å². The summed E-state index contributed by atoms with van der Waals surface area (Å²) in [5.41, 5.74) is 10.2. The summed E-state index contributed by atoms with van der Waals surface area (Å²) in [5, 5.41) is 1.41. The van der Waals surface area contributed by atoms with Crippen LogP contribution >= 0.6 is 11.8 Å². The second kappa shape index (κ2) is 6.93. The highest BCUT2D eigenvalue weighted by molar-refractivity contribution is 8.13. The van der Waals surface area contributed by atoms with Crippen LogP contribution in [0.3, 0.4) is 0 Å². The Kier molecular flexibility index (Phi) is 4.71. The number of para-hydroxylation sites is 1. The highest BCUT2D eigenvalue weighted by atomic mass is 32.2. The topological polar surface area (TPSA) is 68.6 Å². The minimum atomic E-state index is -0.347. The van der Waals surface area contributed by atoms with Crippen LogP contribution in [0, 0.1) is 13.8 Å². The fourth-order valence-corrected chi connectivity index (χ4v) is 3.13. The SMILES string of the molecule is Cc1cc2oc(=O)cc(CSC(N)=Nc3ccccc3)c2cc1C. The van der Waals surface area contributed by atoms with Gasteiger partial charge < -0.3 is 10.2 Å². The van der Waals surface area contributed by atoms with Crippen molar-refractivity contribution >= 4 is 33.6 Å². The minimum Gasteiger partial charge on any atom is -0.423 e. The van der Waals surface area contributed by atoms with Crippen molar-refractivity contribution in [1.29, 1.82) is 0 Å². The molecular weight excluding hydrogens is 320 g/mol. The zero-order chi connectivity index (χ0) is 17.1. The van der Waals surface area contributed by atoms with E-state index in [2.05, 4.69) is 4.99 Å². The standard InChI is InChI=1S/C19H18N2O2S/c1-12-8-16-14(10-18(22)23-17(16)9-13(12)2)11-24-19(20)21-15-6-4-3-5-7-15/h3-10H,11H2,1-2H3,(H2,20,21). The van der Waals surface area contributed by atoms with Crippen molar-refractivity contribution in [2.24, 2.45) is 10.7 Å². The number of rotatable bonds is 3. The zero-order valence-electron chi connectivity index (χ0n) is 13.6. The summed E-state index contributed by atoms with van der Waals surface area (Å²) in [7, 11) is 0. The molecule has 24 heavy (non-hydrogen) atoms. The van der Waals surface area contributed by atoms with Crippen molar-refractivity contribution < 1.29 is 4.42 Å². The maximum Gasteiger partial charge on any atom is 0.336 e. The van der Waals surface area contributed by atoms with E-state index < -0.39 is 0 Å². The van der Waals surface area contributed by atoms with E-state index in [0.717, 1.165) is 27.8 Å². The average Bonchev–Trinajstić information content (AvgIpc) is 2.55. The van der Waals surface area contributed by atoms with Crippen molar-refractivity contribution in [2.45, 2.75) is 19.6 Å². The van der Waals surface area contributed by atoms with Crippen molar-refractivity contribution in [3.05, 3.63) is 75.6 Å². The summed E-state index contributed by atoms with van der Waals surface area (Å²) < 4.78 is 5.31. The molecule has 0 aliphatic rings. The number of amidine groups is 1. The van der Waals surface area contributed by atoms with Crippen LogP contribution in [0.15, 0.2) is 62.7 Å². The third-order valence-electron chi connectivity index (χ3n) is 3.82. The lowest BCUT2D eigenvalue weighted by molar-refractivity contribution is 0.559. The van der Waals surface area contributed by atoms with Crippen LogP contribution in [0.5, 0.6) is 0 Å². The summed E-state index contributed by atoms with van der Waals surface area (Å²) in [5.74, 6) is 0.562. The summed E-state index contributed by atoms with van der Waals surface area (Å²) in [6, 6.07) is 15.0.